The number of nitrogens with one attached hydrogen (secondary N) is 1. The number of hydrogen-bond donors (Lipinski definition) is 2. The molecule has 5 rings (SSSR count). The van der Waals surface area contributed by atoms with Gasteiger partial charge in [0.1, 0.15) is 18.4 Å². The molecule has 222 valence electrons. The van der Waals surface area contributed by atoms with E-state index in [1.165, 1.54) is 11.1 Å². The summed E-state index contributed by atoms with van der Waals surface area (Å²) in [4.78, 5) is 27.5. The lowest BCUT2D eigenvalue weighted by Gasteiger charge is -2.23. The van der Waals surface area contributed by atoms with Gasteiger partial charge < -0.3 is 15.2 Å². The zero-order chi connectivity index (χ0) is 30.6. The number of carbonyl (C=O) groups is 2. The molecule has 0 saturated carbocycles. The van der Waals surface area contributed by atoms with Gasteiger partial charge in [-0.2, -0.15) is 0 Å². The Kier molecular flexibility index (Phi) is 10.5. The molecule has 0 saturated heterocycles. The number of carbonyl (C=O) groups excluding carboxylic acids is 1. The number of amides is 1. The standard InChI is InChI=1S/C38H36N2O4/c41-37(39-36(38(42)43)26-33-18-10-11-19-35(33)31-16-8-3-9-17-31)32-20-22-34(23-21-32)44-25-24-40(27-29-12-4-1-5-13-29)28-30-14-6-2-7-15-30/h1-23,36H,24-28H2,(H,39,41)(H,42,43). The molecule has 0 aliphatic rings. The van der Waals surface area contributed by atoms with Crippen molar-refractivity contribution in [3.63, 3.8) is 0 Å². The Hall–Kier alpha value is -5.20. The van der Waals surface area contributed by atoms with Gasteiger partial charge in [0.2, 0.25) is 0 Å². The van der Waals surface area contributed by atoms with Crippen LogP contribution in [0.3, 0.4) is 0 Å². The number of nitrogens with zero attached hydrogens (tertiary/aromatic N) is 1. The van der Waals surface area contributed by atoms with E-state index in [-0.39, 0.29) is 6.42 Å². The van der Waals surface area contributed by atoms with Crippen molar-refractivity contribution >= 4 is 11.9 Å². The van der Waals surface area contributed by atoms with E-state index in [1.54, 1.807) is 24.3 Å². The molecule has 0 fully saturated rings. The predicted octanol–water partition coefficient (Wildman–Crippen LogP) is 6.86. The normalized spacial score (nSPS) is 11.6. The first kappa shape index (κ1) is 30.3. The van der Waals surface area contributed by atoms with Crippen LogP contribution < -0.4 is 10.1 Å². The fraction of sp³-hybridized carbons (Fsp3) is 0.158. The van der Waals surface area contributed by atoms with E-state index in [0.29, 0.717) is 17.9 Å². The molecule has 1 amide bonds. The van der Waals surface area contributed by atoms with Crippen molar-refractivity contribution in [1.29, 1.82) is 0 Å². The Morgan fingerprint density at radius 3 is 1.82 bits per heavy atom. The second-order valence-corrected chi connectivity index (χ2v) is 10.6. The van der Waals surface area contributed by atoms with E-state index in [0.717, 1.165) is 36.3 Å². The molecule has 6 nitrogen and oxygen atoms in total. The number of rotatable bonds is 14. The lowest BCUT2D eigenvalue weighted by Crippen LogP contribution is -2.42. The molecule has 0 heterocycles. The van der Waals surface area contributed by atoms with Gasteiger partial charge in [0.05, 0.1) is 0 Å². The summed E-state index contributed by atoms with van der Waals surface area (Å²) in [6.07, 6.45) is 0.162. The zero-order valence-electron chi connectivity index (χ0n) is 24.5. The van der Waals surface area contributed by atoms with Crippen LogP contribution in [0.25, 0.3) is 11.1 Å². The minimum absolute atomic E-state index is 0.162. The van der Waals surface area contributed by atoms with E-state index in [1.807, 2.05) is 91.0 Å². The molecule has 1 unspecified atom stereocenters. The first-order valence-corrected chi connectivity index (χ1v) is 14.8. The molecule has 0 radical (unpaired) electrons. The van der Waals surface area contributed by atoms with Crippen LogP contribution in [0, 0.1) is 0 Å². The lowest BCUT2D eigenvalue weighted by molar-refractivity contribution is -0.139. The molecular formula is C38H36N2O4. The molecule has 1 atom stereocenters. The predicted molar refractivity (Wildman–Crippen MR) is 173 cm³/mol. The second-order valence-electron chi connectivity index (χ2n) is 10.6. The highest BCUT2D eigenvalue weighted by molar-refractivity contribution is 5.96. The average Bonchev–Trinajstić information content (AvgIpc) is 3.06. The van der Waals surface area contributed by atoms with Crippen LogP contribution in [0.5, 0.6) is 5.75 Å². The monoisotopic (exact) mass is 584 g/mol. The Labute approximate surface area is 258 Å². The summed E-state index contributed by atoms with van der Waals surface area (Å²) in [5.41, 5.74) is 5.64. The SMILES string of the molecule is O=C(NC(Cc1ccccc1-c1ccccc1)C(=O)O)c1ccc(OCCN(Cc2ccccc2)Cc2ccccc2)cc1. The molecule has 0 bridgehead atoms. The van der Waals surface area contributed by atoms with E-state index in [9.17, 15) is 14.7 Å². The number of benzene rings is 5. The van der Waals surface area contributed by atoms with E-state index in [2.05, 4.69) is 34.5 Å². The third kappa shape index (κ3) is 8.66. The van der Waals surface area contributed by atoms with Crippen LogP contribution in [0.4, 0.5) is 0 Å². The van der Waals surface area contributed by atoms with Crippen molar-refractivity contribution in [2.75, 3.05) is 13.2 Å². The largest absolute Gasteiger partial charge is 0.492 e. The highest BCUT2D eigenvalue weighted by atomic mass is 16.5. The molecule has 0 spiro atoms. The van der Waals surface area contributed by atoms with Crippen molar-refractivity contribution in [2.24, 2.45) is 0 Å². The van der Waals surface area contributed by atoms with E-state index >= 15 is 0 Å². The van der Waals surface area contributed by atoms with Crippen molar-refractivity contribution in [3.8, 4) is 16.9 Å². The van der Waals surface area contributed by atoms with Crippen LogP contribution in [-0.2, 0) is 24.3 Å². The van der Waals surface area contributed by atoms with Crippen LogP contribution in [-0.4, -0.2) is 41.1 Å². The molecule has 2 N–H and O–H groups in total. The minimum atomic E-state index is -1.09. The van der Waals surface area contributed by atoms with Crippen molar-refractivity contribution in [2.45, 2.75) is 25.6 Å². The van der Waals surface area contributed by atoms with Crippen LogP contribution in [0.2, 0.25) is 0 Å². The van der Waals surface area contributed by atoms with Crippen LogP contribution in [0.1, 0.15) is 27.0 Å². The second kappa shape index (κ2) is 15.3. The fourth-order valence-corrected chi connectivity index (χ4v) is 5.15. The third-order valence-corrected chi connectivity index (χ3v) is 7.42. The summed E-state index contributed by atoms with van der Waals surface area (Å²) in [5.74, 6) is -0.887. The topological polar surface area (TPSA) is 78.9 Å². The molecular weight excluding hydrogens is 548 g/mol. The van der Waals surface area contributed by atoms with Gasteiger partial charge in [0.15, 0.2) is 0 Å². The van der Waals surface area contributed by atoms with Gasteiger partial charge in [0.25, 0.3) is 5.91 Å². The lowest BCUT2D eigenvalue weighted by atomic mass is 9.95. The first-order chi connectivity index (χ1) is 21.5. The van der Waals surface area contributed by atoms with Gasteiger partial charge in [-0.25, -0.2) is 4.79 Å². The van der Waals surface area contributed by atoms with Gasteiger partial charge >= 0.3 is 5.97 Å². The van der Waals surface area contributed by atoms with Gasteiger partial charge in [-0.05, 0) is 52.1 Å². The molecule has 6 heteroatoms. The maximum Gasteiger partial charge on any atom is 0.326 e. The van der Waals surface area contributed by atoms with Gasteiger partial charge in [-0.3, -0.25) is 9.69 Å². The summed E-state index contributed by atoms with van der Waals surface area (Å²) in [7, 11) is 0. The third-order valence-electron chi connectivity index (χ3n) is 7.42. The first-order valence-electron chi connectivity index (χ1n) is 14.8. The van der Waals surface area contributed by atoms with E-state index < -0.39 is 17.9 Å². The van der Waals surface area contributed by atoms with Crippen molar-refractivity contribution < 1.29 is 19.4 Å². The minimum Gasteiger partial charge on any atom is -0.492 e. The van der Waals surface area contributed by atoms with Gasteiger partial charge in [0, 0.05) is 31.6 Å². The number of hydrogen-bond acceptors (Lipinski definition) is 4. The Morgan fingerprint density at radius 1 is 0.682 bits per heavy atom. The molecule has 0 aliphatic carbocycles. The Morgan fingerprint density at radius 2 is 1.23 bits per heavy atom. The zero-order valence-corrected chi connectivity index (χ0v) is 24.5. The molecule has 5 aromatic carbocycles. The molecule has 0 aromatic heterocycles. The number of carboxylic acid groups (broad SMARTS) is 1. The molecule has 44 heavy (non-hydrogen) atoms. The van der Waals surface area contributed by atoms with Crippen LogP contribution >= 0.6 is 0 Å². The van der Waals surface area contributed by atoms with Gasteiger partial charge in [-0.15, -0.1) is 0 Å². The number of ether oxygens (including phenoxy) is 1. The van der Waals surface area contributed by atoms with Crippen molar-refractivity contribution in [3.05, 3.63) is 162 Å². The summed E-state index contributed by atoms with van der Waals surface area (Å²) >= 11 is 0. The number of carboxylic acids is 1. The van der Waals surface area contributed by atoms with Crippen LogP contribution in [0.15, 0.2) is 140 Å². The van der Waals surface area contributed by atoms with Gasteiger partial charge in [-0.1, -0.05) is 115 Å². The fourth-order valence-electron chi connectivity index (χ4n) is 5.15. The summed E-state index contributed by atoms with van der Waals surface area (Å²) < 4.78 is 6.03. The quantitative estimate of drug-likeness (QED) is 0.149. The maximum atomic E-state index is 13.0. The van der Waals surface area contributed by atoms with Crippen molar-refractivity contribution in [1.82, 2.24) is 10.2 Å². The average molecular weight is 585 g/mol. The Bertz CT molecular complexity index is 1580. The smallest absolute Gasteiger partial charge is 0.326 e. The molecule has 5 aromatic rings. The maximum absolute atomic E-state index is 13.0. The number of aliphatic carboxylic acids is 1. The highest BCUT2D eigenvalue weighted by Gasteiger charge is 2.22. The summed E-state index contributed by atoms with van der Waals surface area (Å²) in [6, 6.07) is 43.9. The van der Waals surface area contributed by atoms with E-state index in [4.69, 9.17) is 4.74 Å². The Balaban J connectivity index is 1.18. The molecule has 0 aliphatic heterocycles. The highest BCUT2D eigenvalue weighted by Crippen LogP contribution is 2.25. The summed E-state index contributed by atoms with van der Waals surface area (Å²) in [6.45, 7) is 2.81. The summed E-state index contributed by atoms with van der Waals surface area (Å²) in [5, 5.41) is 12.6.